The van der Waals surface area contributed by atoms with Crippen molar-refractivity contribution in [3.05, 3.63) is 48.3 Å². The summed E-state index contributed by atoms with van der Waals surface area (Å²) in [6.45, 7) is 0. The van der Waals surface area contributed by atoms with Crippen LogP contribution in [0.15, 0.2) is 36.5 Å². The zero-order valence-corrected chi connectivity index (χ0v) is 8.40. The third-order valence-electron chi connectivity index (χ3n) is 1.86. The van der Waals surface area contributed by atoms with Gasteiger partial charge in [-0.1, -0.05) is 6.07 Å². The molecule has 0 bridgehead atoms. The van der Waals surface area contributed by atoms with Gasteiger partial charge in [0.1, 0.15) is 5.75 Å². The minimum absolute atomic E-state index is 0.0272. The molecular weight excluding hydrogens is 233 g/mol. The molecule has 0 saturated heterocycles. The highest BCUT2D eigenvalue weighted by molar-refractivity contribution is 5.31. The maximum Gasteiger partial charge on any atom is 0.416 e. The van der Waals surface area contributed by atoms with E-state index in [4.69, 9.17) is 4.74 Å². The van der Waals surface area contributed by atoms with Gasteiger partial charge in [-0.15, -0.1) is 0 Å². The van der Waals surface area contributed by atoms with Crippen LogP contribution in [0.3, 0.4) is 0 Å². The van der Waals surface area contributed by atoms with E-state index >= 15 is 0 Å². The predicted octanol–water partition coefficient (Wildman–Crippen LogP) is 3.09. The lowest BCUT2D eigenvalue weighted by Crippen LogP contribution is -2.04. The third kappa shape index (κ3) is 2.93. The first-order valence-electron chi connectivity index (χ1n) is 4.60. The summed E-state index contributed by atoms with van der Waals surface area (Å²) in [4.78, 5) is 7.35. The van der Waals surface area contributed by atoms with Crippen molar-refractivity contribution in [2.75, 3.05) is 0 Å². The Morgan fingerprint density at radius 1 is 1.24 bits per heavy atom. The van der Waals surface area contributed by atoms with Gasteiger partial charge < -0.3 is 4.74 Å². The van der Waals surface area contributed by atoms with Crippen molar-refractivity contribution in [1.29, 1.82) is 0 Å². The summed E-state index contributed by atoms with van der Waals surface area (Å²) in [5.74, 6) is 0.0272. The Morgan fingerprint density at radius 3 is 2.71 bits per heavy atom. The van der Waals surface area contributed by atoms with Gasteiger partial charge in [-0.05, 0) is 24.3 Å². The van der Waals surface area contributed by atoms with Crippen LogP contribution in [0.25, 0.3) is 0 Å². The molecule has 0 unspecified atom stereocenters. The molecule has 0 N–H and O–H groups in total. The van der Waals surface area contributed by atoms with E-state index in [1.165, 1.54) is 24.4 Å². The molecule has 3 nitrogen and oxygen atoms in total. The Labute approximate surface area is 94.9 Å². The van der Waals surface area contributed by atoms with E-state index in [1.54, 1.807) is 0 Å². The summed E-state index contributed by atoms with van der Waals surface area (Å²) in [6.07, 6.45) is -0.549. The summed E-state index contributed by atoms with van der Waals surface area (Å²) in [7, 11) is 0. The maximum absolute atomic E-state index is 12.4. The molecule has 0 aliphatic carbocycles. The monoisotopic (exact) mass is 239 g/mol. The average Bonchev–Trinajstić information content (AvgIpc) is 2.29. The molecule has 17 heavy (non-hydrogen) atoms. The number of halogens is 3. The topological polar surface area (TPSA) is 35.0 Å². The molecule has 0 atom stereocenters. The van der Waals surface area contributed by atoms with E-state index in [2.05, 4.69) is 16.2 Å². The van der Waals surface area contributed by atoms with Gasteiger partial charge in [0, 0.05) is 6.20 Å². The predicted molar refractivity (Wildman–Crippen MR) is 52.4 cm³/mol. The van der Waals surface area contributed by atoms with Gasteiger partial charge in [0.2, 0.25) is 0 Å². The van der Waals surface area contributed by atoms with Crippen molar-refractivity contribution in [3.63, 3.8) is 0 Å². The fourth-order valence-electron chi connectivity index (χ4n) is 1.15. The third-order valence-corrected chi connectivity index (χ3v) is 1.86. The minimum atomic E-state index is -4.40. The second-order valence-electron chi connectivity index (χ2n) is 3.10. The van der Waals surface area contributed by atoms with Crippen LogP contribution in [0.2, 0.25) is 0 Å². The Bertz CT molecular complexity index is 500. The molecule has 87 valence electrons. The number of aromatic nitrogens is 2. The smallest absolute Gasteiger partial charge is 0.416 e. The average molecular weight is 239 g/mol. The number of ether oxygens (including phenoxy) is 1. The Balaban J connectivity index is 2.23. The van der Waals surface area contributed by atoms with E-state index in [-0.39, 0.29) is 11.8 Å². The first-order chi connectivity index (χ1) is 8.05. The normalized spacial score (nSPS) is 11.2. The van der Waals surface area contributed by atoms with Gasteiger partial charge in [-0.2, -0.15) is 18.2 Å². The van der Waals surface area contributed by atoms with Crippen LogP contribution in [-0.4, -0.2) is 9.97 Å². The van der Waals surface area contributed by atoms with Gasteiger partial charge in [0.05, 0.1) is 11.8 Å². The number of nitrogens with zero attached hydrogens (tertiary/aromatic N) is 2. The van der Waals surface area contributed by atoms with E-state index in [0.29, 0.717) is 0 Å². The standard InChI is InChI=1S/C11H6F3N2O/c12-11(13,14)8-3-1-4-9(7-8)17-10-15-5-2-6-16-10/h1-5,7H. The zero-order chi connectivity index (χ0) is 12.3. The number of hydrogen-bond donors (Lipinski definition) is 0. The van der Waals surface area contributed by atoms with E-state index < -0.39 is 11.7 Å². The largest absolute Gasteiger partial charge is 0.424 e. The summed E-state index contributed by atoms with van der Waals surface area (Å²) in [5.41, 5.74) is -0.782. The van der Waals surface area contributed by atoms with Crippen LogP contribution in [0.5, 0.6) is 11.8 Å². The summed E-state index contributed by atoms with van der Waals surface area (Å²) in [6, 6.07) is 5.91. The number of alkyl halides is 3. The van der Waals surface area contributed by atoms with Crippen LogP contribution in [-0.2, 0) is 6.18 Å². The first kappa shape index (κ1) is 11.4. The van der Waals surface area contributed by atoms with Crippen LogP contribution < -0.4 is 4.74 Å². The van der Waals surface area contributed by atoms with Crippen LogP contribution in [0.4, 0.5) is 13.2 Å². The van der Waals surface area contributed by atoms with Gasteiger partial charge in [-0.3, -0.25) is 0 Å². The van der Waals surface area contributed by atoms with Gasteiger partial charge >= 0.3 is 12.2 Å². The molecule has 0 amide bonds. The van der Waals surface area contributed by atoms with Gasteiger partial charge in [-0.25, -0.2) is 4.98 Å². The lowest BCUT2D eigenvalue weighted by atomic mass is 10.2. The quantitative estimate of drug-likeness (QED) is 0.807. The van der Waals surface area contributed by atoms with Crippen LogP contribution in [0, 0.1) is 6.20 Å². The molecular formula is C11H6F3N2O. The lowest BCUT2D eigenvalue weighted by Gasteiger charge is -2.08. The van der Waals surface area contributed by atoms with Gasteiger partial charge in [0.15, 0.2) is 0 Å². The first-order valence-corrected chi connectivity index (χ1v) is 4.60. The molecule has 0 saturated carbocycles. The van der Waals surface area contributed by atoms with Crippen molar-refractivity contribution in [3.8, 4) is 11.8 Å². The molecule has 1 radical (unpaired) electrons. The Hall–Kier alpha value is -2.11. The fraction of sp³-hybridized carbons (Fsp3) is 0.0909. The van der Waals surface area contributed by atoms with Crippen molar-refractivity contribution >= 4 is 0 Å². The van der Waals surface area contributed by atoms with Gasteiger partial charge in [0.25, 0.3) is 0 Å². The highest BCUT2D eigenvalue weighted by Crippen LogP contribution is 2.31. The number of rotatable bonds is 2. The molecule has 0 aliphatic rings. The Morgan fingerprint density at radius 2 is 2.06 bits per heavy atom. The molecule has 1 heterocycles. The molecule has 6 heteroatoms. The summed E-state index contributed by atoms with van der Waals surface area (Å²) < 4.78 is 42.3. The van der Waals surface area contributed by atoms with Crippen molar-refractivity contribution in [1.82, 2.24) is 9.97 Å². The van der Waals surface area contributed by atoms with E-state index in [0.717, 1.165) is 12.1 Å². The Kier molecular flexibility index (Phi) is 2.95. The fourth-order valence-corrected chi connectivity index (χ4v) is 1.15. The van der Waals surface area contributed by atoms with Crippen LogP contribution >= 0.6 is 0 Å². The molecule has 2 aromatic rings. The number of hydrogen-bond acceptors (Lipinski definition) is 3. The highest BCUT2D eigenvalue weighted by atomic mass is 19.4. The van der Waals surface area contributed by atoms with Crippen molar-refractivity contribution in [2.24, 2.45) is 0 Å². The maximum atomic E-state index is 12.4. The van der Waals surface area contributed by atoms with Crippen molar-refractivity contribution in [2.45, 2.75) is 6.18 Å². The molecule has 1 aromatic heterocycles. The van der Waals surface area contributed by atoms with Crippen LogP contribution in [0.1, 0.15) is 5.56 Å². The van der Waals surface area contributed by atoms with Crippen molar-refractivity contribution < 1.29 is 17.9 Å². The molecule has 0 spiro atoms. The number of benzene rings is 1. The van der Waals surface area contributed by atoms with E-state index in [1.807, 2.05) is 0 Å². The molecule has 1 aromatic carbocycles. The summed E-state index contributed by atoms with van der Waals surface area (Å²) in [5, 5.41) is 0. The molecule has 0 fully saturated rings. The van der Waals surface area contributed by atoms with E-state index in [9.17, 15) is 13.2 Å². The molecule has 2 rings (SSSR count). The molecule has 0 aliphatic heterocycles. The second kappa shape index (κ2) is 4.40. The SMILES string of the molecule is FC(F)(F)c1cccc(Oc2n[c]ccn2)c1. The highest BCUT2D eigenvalue weighted by Gasteiger charge is 2.30. The summed E-state index contributed by atoms with van der Waals surface area (Å²) >= 11 is 0. The minimum Gasteiger partial charge on any atom is -0.424 e. The second-order valence-corrected chi connectivity index (χ2v) is 3.10. The lowest BCUT2D eigenvalue weighted by molar-refractivity contribution is -0.137. The zero-order valence-electron chi connectivity index (χ0n) is 8.40.